The third-order valence-electron chi connectivity index (χ3n) is 5.01. The van der Waals surface area contributed by atoms with Gasteiger partial charge in [-0.2, -0.15) is 0 Å². The number of hydrogen-bond acceptors (Lipinski definition) is 5. The molecule has 2 unspecified atom stereocenters. The predicted octanol–water partition coefficient (Wildman–Crippen LogP) is 2.53. The molecule has 1 aliphatic heterocycles. The summed E-state index contributed by atoms with van der Waals surface area (Å²) < 4.78 is 0. The highest BCUT2D eigenvalue weighted by Gasteiger charge is 2.33. The van der Waals surface area contributed by atoms with Gasteiger partial charge in [0.15, 0.2) is 0 Å². The van der Waals surface area contributed by atoms with Crippen molar-refractivity contribution in [3.8, 4) is 0 Å². The minimum atomic E-state index is -0.0651. The van der Waals surface area contributed by atoms with Gasteiger partial charge in [-0.25, -0.2) is 4.98 Å². The van der Waals surface area contributed by atoms with Crippen LogP contribution in [0.4, 0.5) is 0 Å². The third kappa shape index (κ3) is 4.69. The average molecular weight is 373 g/mol. The normalized spacial score (nSPS) is 23.7. The van der Waals surface area contributed by atoms with Crippen LogP contribution >= 0.6 is 11.3 Å². The molecule has 6 heteroatoms. The van der Waals surface area contributed by atoms with Gasteiger partial charge in [0.25, 0.3) is 5.91 Å². The predicted molar refractivity (Wildman–Crippen MR) is 106 cm³/mol. The van der Waals surface area contributed by atoms with E-state index in [0.29, 0.717) is 24.1 Å². The second-order valence-electron chi connectivity index (χ2n) is 7.30. The summed E-state index contributed by atoms with van der Waals surface area (Å²) in [5.41, 5.74) is 7.42. The molecule has 140 valence electrons. The van der Waals surface area contributed by atoms with E-state index in [4.69, 9.17) is 5.73 Å². The van der Waals surface area contributed by atoms with Crippen LogP contribution in [0, 0.1) is 11.8 Å². The molecule has 1 saturated heterocycles. The van der Waals surface area contributed by atoms with Gasteiger partial charge in [0.05, 0.1) is 5.01 Å². The Balaban J connectivity index is 1.58. The zero-order valence-electron chi connectivity index (χ0n) is 15.5. The van der Waals surface area contributed by atoms with Crippen molar-refractivity contribution in [1.82, 2.24) is 15.2 Å². The second-order valence-corrected chi connectivity index (χ2v) is 8.24. The standard InChI is InChI=1S/C20H28N4OS/c1-14-10-24(12-16-6-4-3-5-7-16)11-15(2)19(14)23-20(25)17-13-26-18(22-17)8-9-21/h3-7,13-15,19H,8-12,21H2,1-2H3,(H,23,25). The Hall–Kier alpha value is -1.76. The quantitative estimate of drug-likeness (QED) is 0.817. The van der Waals surface area contributed by atoms with E-state index in [1.807, 2.05) is 11.4 Å². The van der Waals surface area contributed by atoms with E-state index in [0.717, 1.165) is 31.1 Å². The molecule has 3 rings (SSSR count). The van der Waals surface area contributed by atoms with Crippen molar-refractivity contribution in [3.63, 3.8) is 0 Å². The van der Waals surface area contributed by atoms with Crippen molar-refractivity contribution < 1.29 is 4.79 Å². The number of carbonyl (C=O) groups is 1. The van der Waals surface area contributed by atoms with E-state index in [1.165, 1.54) is 16.9 Å². The van der Waals surface area contributed by atoms with Crippen LogP contribution in [0.15, 0.2) is 35.7 Å². The molecule has 1 aromatic heterocycles. The van der Waals surface area contributed by atoms with Gasteiger partial charge in [-0.3, -0.25) is 9.69 Å². The summed E-state index contributed by atoms with van der Waals surface area (Å²) in [6, 6.07) is 10.7. The molecule has 0 aliphatic carbocycles. The van der Waals surface area contributed by atoms with Crippen LogP contribution in [-0.4, -0.2) is 41.5 Å². The Morgan fingerprint density at radius 1 is 1.27 bits per heavy atom. The summed E-state index contributed by atoms with van der Waals surface area (Å²) in [5, 5.41) is 5.98. The zero-order valence-corrected chi connectivity index (χ0v) is 16.3. The lowest BCUT2D eigenvalue weighted by molar-refractivity contribution is 0.0729. The maximum Gasteiger partial charge on any atom is 0.270 e. The van der Waals surface area contributed by atoms with Crippen molar-refractivity contribution in [1.29, 1.82) is 0 Å². The smallest absolute Gasteiger partial charge is 0.270 e. The van der Waals surface area contributed by atoms with Crippen LogP contribution in [0.1, 0.15) is 34.9 Å². The number of nitrogens with zero attached hydrogens (tertiary/aromatic N) is 2. The number of rotatable bonds is 6. The van der Waals surface area contributed by atoms with Crippen molar-refractivity contribution in [2.45, 2.75) is 32.9 Å². The Morgan fingerprint density at radius 2 is 1.96 bits per heavy atom. The number of likely N-dealkylation sites (tertiary alicyclic amines) is 1. The van der Waals surface area contributed by atoms with Crippen LogP contribution in [0.25, 0.3) is 0 Å². The maximum absolute atomic E-state index is 12.6. The Bertz CT molecular complexity index is 706. The second kappa shape index (κ2) is 8.75. The lowest BCUT2D eigenvalue weighted by Crippen LogP contribution is -2.54. The fraction of sp³-hybridized carbons (Fsp3) is 0.500. The van der Waals surface area contributed by atoms with E-state index in [1.54, 1.807) is 0 Å². The van der Waals surface area contributed by atoms with Gasteiger partial charge in [0.2, 0.25) is 0 Å². The Labute approximate surface area is 159 Å². The monoisotopic (exact) mass is 372 g/mol. The lowest BCUT2D eigenvalue weighted by Gasteiger charge is -2.41. The number of aromatic nitrogens is 1. The zero-order chi connectivity index (χ0) is 18.5. The largest absolute Gasteiger partial charge is 0.347 e. The highest BCUT2D eigenvalue weighted by Crippen LogP contribution is 2.24. The number of benzene rings is 1. The first-order valence-electron chi connectivity index (χ1n) is 9.28. The van der Waals surface area contributed by atoms with E-state index in [-0.39, 0.29) is 11.9 Å². The third-order valence-corrected chi connectivity index (χ3v) is 5.92. The van der Waals surface area contributed by atoms with E-state index in [9.17, 15) is 4.79 Å². The molecule has 0 bridgehead atoms. The minimum Gasteiger partial charge on any atom is -0.347 e. The van der Waals surface area contributed by atoms with Crippen LogP contribution in [0.5, 0.6) is 0 Å². The molecular weight excluding hydrogens is 344 g/mol. The molecular formula is C20H28N4OS. The van der Waals surface area contributed by atoms with Crippen LogP contribution in [0.3, 0.4) is 0 Å². The van der Waals surface area contributed by atoms with E-state index < -0.39 is 0 Å². The molecule has 26 heavy (non-hydrogen) atoms. The SMILES string of the molecule is CC1CN(Cc2ccccc2)CC(C)C1NC(=O)c1csc(CCN)n1. The van der Waals surface area contributed by atoms with E-state index >= 15 is 0 Å². The van der Waals surface area contributed by atoms with Gasteiger partial charge in [-0.05, 0) is 23.9 Å². The average Bonchev–Trinajstić information content (AvgIpc) is 3.08. The fourth-order valence-corrected chi connectivity index (χ4v) is 4.61. The van der Waals surface area contributed by atoms with Crippen molar-refractivity contribution >= 4 is 17.2 Å². The number of hydrogen-bond donors (Lipinski definition) is 2. The summed E-state index contributed by atoms with van der Waals surface area (Å²) >= 11 is 1.51. The molecule has 2 aromatic rings. The molecule has 0 spiro atoms. The van der Waals surface area contributed by atoms with Crippen molar-refractivity contribution in [2.75, 3.05) is 19.6 Å². The first kappa shape index (κ1) is 19.0. The summed E-state index contributed by atoms with van der Waals surface area (Å²) in [4.78, 5) is 19.5. The van der Waals surface area contributed by atoms with Crippen molar-refractivity contribution in [2.24, 2.45) is 17.6 Å². The summed E-state index contributed by atoms with van der Waals surface area (Å²) in [5.74, 6) is 0.729. The highest BCUT2D eigenvalue weighted by atomic mass is 32.1. The molecule has 1 amide bonds. The molecule has 0 radical (unpaired) electrons. The molecule has 5 nitrogen and oxygen atoms in total. The number of amides is 1. The van der Waals surface area contributed by atoms with Gasteiger partial charge in [-0.1, -0.05) is 44.2 Å². The molecule has 1 aromatic carbocycles. The maximum atomic E-state index is 12.6. The van der Waals surface area contributed by atoms with Gasteiger partial charge in [-0.15, -0.1) is 11.3 Å². The number of nitrogens with one attached hydrogen (secondary N) is 1. The van der Waals surface area contributed by atoms with Gasteiger partial charge < -0.3 is 11.1 Å². The highest BCUT2D eigenvalue weighted by molar-refractivity contribution is 7.09. The minimum absolute atomic E-state index is 0.0651. The molecule has 0 saturated carbocycles. The molecule has 2 atom stereocenters. The lowest BCUT2D eigenvalue weighted by atomic mass is 9.85. The summed E-state index contributed by atoms with van der Waals surface area (Å²) in [7, 11) is 0. The topological polar surface area (TPSA) is 71.2 Å². The Morgan fingerprint density at radius 3 is 2.62 bits per heavy atom. The number of carbonyl (C=O) groups excluding carboxylic acids is 1. The first-order valence-corrected chi connectivity index (χ1v) is 10.2. The number of thiazole rings is 1. The van der Waals surface area contributed by atoms with Crippen LogP contribution in [-0.2, 0) is 13.0 Å². The van der Waals surface area contributed by atoms with Crippen LogP contribution < -0.4 is 11.1 Å². The van der Waals surface area contributed by atoms with Crippen molar-refractivity contribution in [3.05, 3.63) is 52.0 Å². The number of nitrogens with two attached hydrogens (primary N) is 1. The molecule has 2 heterocycles. The van der Waals surface area contributed by atoms with Gasteiger partial charge >= 0.3 is 0 Å². The van der Waals surface area contributed by atoms with Gasteiger partial charge in [0, 0.05) is 37.5 Å². The molecule has 1 fully saturated rings. The first-order chi connectivity index (χ1) is 12.6. The van der Waals surface area contributed by atoms with Gasteiger partial charge in [0.1, 0.15) is 5.69 Å². The molecule has 1 aliphatic rings. The van der Waals surface area contributed by atoms with E-state index in [2.05, 4.69) is 53.3 Å². The summed E-state index contributed by atoms with van der Waals surface area (Å²) in [6.45, 7) is 7.94. The fourth-order valence-electron chi connectivity index (χ4n) is 3.81. The summed E-state index contributed by atoms with van der Waals surface area (Å²) in [6.07, 6.45) is 0.725. The number of piperidine rings is 1. The molecule has 3 N–H and O–H groups in total. The van der Waals surface area contributed by atoms with Crippen LogP contribution in [0.2, 0.25) is 0 Å². The Kier molecular flexibility index (Phi) is 6.40.